The van der Waals surface area contributed by atoms with Crippen molar-refractivity contribution >= 4 is 46.1 Å². The number of carbonyl (C=O) groups excluding carboxylic acids is 4. The summed E-state index contributed by atoms with van der Waals surface area (Å²) in [6.45, 7) is 14.6. The van der Waals surface area contributed by atoms with Gasteiger partial charge in [-0.2, -0.15) is 0 Å². The molecule has 2 N–H and O–H groups in total. The molecule has 15 nitrogen and oxygen atoms in total. The van der Waals surface area contributed by atoms with Crippen LogP contribution in [0, 0.1) is 11.3 Å². The average Bonchev–Trinajstić information content (AvgIpc) is 3.88. The van der Waals surface area contributed by atoms with Gasteiger partial charge in [0, 0.05) is 91.8 Å². The lowest BCUT2D eigenvalue weighted by Crippen LogP contribution is -2.62. The van der Waals surface area contributed by atoms with Crippen molar-refractivity contribution in [1.82, 2.24) is 45.0 Å². The molecule has 5 atom stereocenters. The Morgan fingerprint density at radius 2 is 1.86 bits per heavy atom. The van der Waals surface area contributed by atoms with Gasteiger partial charge < -0.3 is 34.1 Å². The number of pyridine rings is 1. The van der Waals surface area contributed by atoms with E-state index in [4.69, 9.17) is 19.4 Å². The van der Waals surface area contributed by atoms with Gasteiger partial charge in [0.25, 0.3) is 5.91 Å². The highest BCUT2D eigenvalue weighted by Crippen LogP contribution is 2.42. The molecule has 4 aromatic rings. The monoisotopic (exact) mass is 897 g/mol. The van der Waals surface area contributed by atoms with E-state index in [1.165, 1.54) is 21.2 Å². The lowest BCUT2D eigenvalue weighted by molar-refractivity contribution is -0.155. The average molecular weight is 898 g/mol. The number of hydrazine groups is 1. The number of ether oxygens (including phenoxy) is 2. The third kappa shape index (κ3) is 9.85. The van der Waals surface area contributed by atoms with Crippen LogP contribution in [0.3, 0.4) is 0 Å². The molecular formula is C48H67N9O6S. The molecule has 0 unspecified atom stereocenters. The highest BCUT2D eigenvalue weighted by Gasteiger charge is 2.39. The number of carbonyl (C=O) groups is 4. The molecule has 2 fully saturated rings. The number of nitrogens with zero attached hydrogens (tertiary/aromatic N) is 7. The van der Waals surface area contributed by atoms with Crippen LogP contribution in [-0.2, 0) is 43.2 Å². The summed E-state index contributed by atoms with van der Waals surface area (Å²) in [5.74, 6) is -1.50. The van der Waals surface area contributed by atoms with Crippen LogP contribution in [0.1, 0.15) is 89.6 Å². The number of benzene rings is 1. The van der Waals surface area contributed by atoms with E-state index >= 15 is 0 Å². The minimum absolute atomic E-state index is 0.112. The molecule has 0 aliphatic carbocycles. The molecule has 4 amide bonds. The number of fused-ring (bicyclic) bond motifs is 6. The molecule has 346 valence electrons. The van der Waals surface area contributed by atoms with E-state index in [0.717, 1.165) is 57.5 Å². The van der Waals surface area contributed by atoms with Crippen LogP contribution < -0.4 is 10.7 Å². The van der Waals surface area contributed by atoms with E-state index in [1.807, 2.05) is 51.2 Å². The maximum atomic E-state index is 14.6. The zero-order valence-electron chi connectivity index (χ0n) is 39.3. The van der Waals surface area contributed by atoms with E-state index < -0.39 is 35.4 Å². The molecule has 16 heteroatoms. The normalized spacial score (nSPS) is 21.7. The number of aromatic nitrogens is 3. The van der Waals surface area contributed by atoms with Crippen LogP contribution in [-0.4, -0.2) is 137 Å². The first-order chi connectivity index (χ1) is 30.5. The van der Waals surface area contributed by atoms with E-state index in [0.29, 0.717) is 50.4 Å². The molecule has 1 aromatic carbocycles. The lowest BCUT2D eigenvalue weighted by Gasteiger charge is -2.40. The summed E-state index contributed by atoms with van der Waals surface area (Å²) in [4.78, 5) is 72.4. The van der Waals surface area contributed by atoms with Gasteiger partial charge in [-0.1, -0.05) is 33.8 Å². The van der Waals surface area contributed by atoms with Gasteiger partial charge in [0.1, 0.15) is 18.1 Å². The quantitative estimate of drug-likeness (QED) is 0.183. The Kier molecular flexibility index (Phi) is 14.5. The molecule has 3 aromatic heterocycles. The summed E-state index contributed by atoms with van der Waals surface area (Å²) in [5, 5.41) is 8.25. The number of urea groups is 1. The Labute approximate surface area is 381 Å². The number of likely N-dealkylation sites (tertiary alicyclic amines) is 1. The van der Waals surface area contributed by atoms with Crippen molar-refractivity contribution in [2.24, 2.45) is 11.3 Å². The van der Waals surface area contributed by atoms with Crippen LogP contribution in [0.4, 0.5) is 4.79 Å². The Balaban J connectivity index is 1.27. The molecule has 6 bridgehead atoms. The van der Waals surface area contributed by atoms with Crippen molar-refractivity contribution < 1.29 is 28.7 Å². The minimum Gasteiger partial charge on any atom is -0.464 e. The SMILES string of the molecule is CCn1c(-c2cccnc2[C@H](C)OC)c2c3cc(ccc31)-c1csc(n1)C[C@H](NC(=O)[C@H](C(C)C)N(C)C(=O)N1CCC[C@@H](N(C)C)C1)C(=O)N1CCC[C@H](N1)C(=O)OCC(C)(C)C2. The van der Waals surface area contributed by atoms with Crippen molar-refractivity contribution in [1.29, 1.82) is 0 Å². The summed E-state index contributed by atoms with van der Waals surface area (Å²) in [6.07, 6.45) is 5.19. The fourth-order valence-electron chi connectivity index (χ4n) is 9.64. The third-order valence-electron chi connectivity index (χ3n) is 13.2. The number of methoxy groups -OCH3 is 1. The van der Waals surface area contributed by atoms with Gasteiger partial charge >= 0.3 is 12.0 Å². The lowest BCUT2D eigenvalue weighted by atomic mass is 9.84. The maximum Gasteiger partial charge on any atom is 0.324 e. The number of nitrogens with one attached hydrogen (secondary N) is 2. The number of amides is 4. The molecule has 64 heavy (non-hydrogen) atoms. The Morgan fingerprint density at radius 3 is 2.58 bits per heavy atom. The number of thiazole rings is 1. The van der Waals surface area contributed by atoms with Crippen LogP contribution in [0.25, 0.3) is 33.4 Å². The predicted octanol–water partition coefficient (Wildman–Crippen LogP) is 6.30. The van der Waals surface area contributed by atoms with Gasteiger partial charge in [-0.25, -0.2) is 15.2 Å². The molecule has 0 radical (unpaired) electrons. The van der Waals surface area contributed by atoms with Crippen molar-refractivity contribution in [3.05, 3.63) is 58.2 Å². The second-order valence-electron chi connectivity index (χ2n) is 19.1. The molecule has 2 saturated heterocycles. The summed E-state index contributed by atoms with van der Waals surface area (Å²) < 4.78 is 14.3. The fraction of sp³-hybridized carbons (Fsp3) is 0.583. The van der Waals surface area contributed by atoms with Crippen molar-refractivity contribution in [2.75, 3.05) is 54.5 Å². The number of cyclic esters (lactones) is 1. The maximum absolute atomic E-state index is 14.6. The van der Waals surface area contributed by atoms with Gasteiger partial charge in [-0.3, -0.25) is 24.4 Å². The molecule has 6 heterocycles. The number of esters is 1. The number of hydrogen-bond acceptors (Lipinski definition) is 11. The molecule has 3 aliphatic heterocycles. The van der Waals surface area contributed by atoms with Gasteiger partial charge in [-0.15, -0.1) is 11.3 Å². The predicted molar refractivity (Wildman–Crippen MR) is 249 cm³/mol. The van der Waals surface area contributed by atoms with Gasteiger partial charge in [0.15, 0.2) is 0 Å². The summed E-state index contributed by atoms with van der Waals surface area (Å²) in [6, 6.07) is 7.85. The first kappa shape index (κ1) is 47.1. The van der Waals surface area contributed by atoms with E-state index in [9.17, 15) is 19.2 Å². The molecule has 0 saturated carbocycles. The van der Waals surface area contributed by atoms with Crippen LogP contribution in [0.15, 0.2) is 41.9 Å². The highest BCUT2D eigenvalue weighted by molar-refractivity contribution is 7.10. The molecule has 7 rings (SSSR count). The Bertz CT molecular complexity index is 2340. The van der Waals surface area contributed by atoms with Crippen LogP contribution in [0.5, 0.6) is 0 Å². The Hall–Kier alpha value is -4.90. The summed E-state index contributed by atoms with van der Waals surface area (Å²) in [7, 11) is 7.41. The third-order valence-corrected chi connectivity index (χ3v) is 14.0. The number of likely N-dealkylation sites (N-methyl/N-ethyl adjacent to an activating group) is 2. The topological polar surface area (TPSA) is 154 Å². The molecule has 0 spiro atoms. The van der Waals surface area contributed by atoms with E-state index in [2.05, 4.69) is 65.2 Å². The van der Waals surface area contributed by atoms with Crippen LogP contribution >= 0.6 is 11.3 Å². The zero-order valence-corrected chi connectivity index (χ0v) is 40.1. The summed E-state index contributed by atoms with van der Waals surface area (Å²) >= 11 is 1.43. The number of aryl methyl sites for hydroxylation is 1. The largest absolute Gasteiger partial charge is 0.464 e. The number of hydrogen-bond donors (Lipinski definition) is 2. The van der Waals surface area contributed by atoms with E-state index in [1.54, 1.807) is 20.4 Å². The van der Waals surface area contributed by atoms with Crippen molar-refractivity contribution in [2.45, 2.75) is 117 Å². The minimum atomic E-state index is -1.04. The number of piperidine rings is 1. The first-order valence-corrected chi connectivity index (χ1v) is 23.7. The zero-order chi connectivity index (χ0) is 46.0. The highest BCUT2D eigenvalue weighted by atomic mass is 32.1. The fourth-order valence-corrected chi connectivity index (χ4v) is 10.5. The molecule has 3 aliphatic rings. The van der Waals surface area contributed by atoms with Gasteiger partial charge in [0.2, 0.25) is 5.91 Å². The summed E-state index contributed by atoms with van der Waals surface area (Å²) in [5.41, 5.74) is 9.41. The Morgan fingerprint density at radius 1 is 1.09 bits per heavy atom. The van der Waals surface area contributed by atoms with Gasteiger partial charge in [0.05, 0.1) is 34.8 Å². The molecular weight excluding hydrogens is 831 g/mol. The van der Waals surface area contributed by atoms with E-state index in [-0.39, 0.29) is 43.0 Å². The smallest absolute Gasteiger partial charge is 0.324 e. The van der Waals surface area contributed by atoms with Crippen LogP contribution in [0.2, 0.25) is 0 Å². The second kappa shape index (κ2) is 19.7. The van der Waals surface area contributed by atoms with Crippen molar-refractivity contribution in [3.63, 3.8) is 0 Å². The first-order valence-electron chi connectivity index (χ1n) is 22.8. The second-order valence-corrected chi connectivity index (χ2v) is 20.0. The standard InChI is InChI=1S/C48H67N9O6S/c1-11-56-39-19-18-31-23-34(39)35(43(56)33-16-12-20-49-41(33)30(4)62-10)25-48(5,6)28-63-46(60)36-17-14-22-57(52-36)45(59)37(24-40-50-38(31)27-64-40)51-44(58)42(29(2)3)54(9)47(61)55-21-13-15-32(26-55)53(7)8/h12,16,18-20,23,27,29-30,32,36-37,42,52H,11,13-15,17,21-22,24-26,28H2,1-10H3,(H,51,58)/t30-,32+,36-,37-,42-/m0/s1. The van der Waals surface area contributed by atoms with Crippen molar-refractivity contribution in [3.8, 4) is 22.5 Å². The number of rotatable bonds is 9. The van der Waals surface area contributed by atoms with Gasteiger partial charge in [-0.05, 0) is 95.8 Å².